The van der Waals surface area contributed by atoms with Crippen molar-refractivity contribution in [3.8, 4) is 11.1 Å². The first kappa shape index (κ1) is 25.0. The van der Waals surface area contributed by atoms with Crippen LogP contribution in [0.25, 0.3) is 11.1 Å². The molecule has 208 valence electrons. The highest BCUT2D eigenvalue weighted by Crippen LogP contribution is 2.53. The number of benzene rings is 1. The van der Waals surface area contributed by atoms with Crippen molar-refractivity contribution in [3.63, 3.8) is 0 Å². The molecule has 2 atom stereocenters. The molecular formula is C28H32N8O4. The molecule has 40 heavy (non-hydrogen) atoms. The molecule has 2 aliphatic carbocycles. The van der Waals surface area contributed by atoms with E-state index in [1.165, 1.54) is 0 Å². The lowest BCUT2D eigenvalue weighted by molar-refractivity contribution is -0.243. The molecule has 3 fully saturated rings. The van der Waals surface area contributed by atoms with Crippen LogP contribution >= 0.6 is 0 Å². The SMILES string of the molecule is CNC(=O)c1nnc(NC(=O)C2CC2)cc1Nc1cccc2c1N(C)C(C)c1c-2cnn1C1CCC12OCCO2. The van der Waals surface area contributed by atoms with Gasteiger partial charge < -0.3 is 30.3 Å². The van der Waals surface area contributed by atoms with Gasteiger partial charge in [0.2, 0.25) is 5.91 Å². The number of rotatable bonds is 6. The third kappa shape index (κ3) is 3.85. The molecule has 12 heteroatoms. The molecule has 0 bridgehead atoms. The monoisotopic (exact) mass is 544 g/mol. The Morgan fingerprint density at radius 1 is 1.07 bits per heavy atom. The summed E-state index contributed by atoms with van der Waals surface area (Å²) in [5.74, 6) is -0.711. The summed E-state index contributed by atoms with van der Waals surface area (Å²) < 4.78 is 14.2. The first-order valence-corrected chi connectivity index (χ1v) is 13.8. The summed E-state index contributed by atoms with van der Waals surface area (Å²) in [4.78, 5) is 27.2. The van der Waals surface area contributed by atoms with Gasteiger partial charge in [-0.1, -0.05) is 12.1 Å². The number of hydrogen-bond donors (Lipinski definition) is 3. The third-order valence-corrected chi connectivity index (χ3v) is 8.54. The van der Waals surface area contributed by atoms with E-state index in [2.05, 4.69) is 55.8 Å². The summed E-state index contributed by atoms with van der Waals surface area (Å²) >= 11 is 0. The molecule has 3 N–H and O–H groups in total. The second-order valence-electron chi connectivity index (χ2n) is 10.9. The van der Waals surface area contributed by atoms with Gasteiger partial charge in [-0.05, 0) is 32.3 Å². The number of carbonyl (C=O) groups is 2. The number of amides is 2. The van der Waals surface area contributed by atoms with Crippen LogP contribution in [-0.2, 0) is 14.3 Å². The minimum atomic E-state index is -0.570. The molecule has 2 amide bonds. The molecule has 1 saturated heterocycles. The summed E-state index contributed by atoms with van der Waals surface area (Å²) in [6.45, 7) is 3.39. The van der Waals surface area contributed by atoms with E-state index >= 15 is 0 Å². The van der Waals surface area contributed by atoms with Gasteiger partial charge in [-0.25, -0.2) is 0 Å². The van der Waals surface area contributed by atoms with Gasteiger partial charge in [0.05, 0.1) is 48.2 Å². The van der Waals surface area contributed by atoms with Gasteiger partial charge in [-0.2, -0.15) is 5.10 Å². The number of hydrogen-bond acceptors (Lipinski definition) is 9. The van der Waals surface area contributed by atoms with Gasteiger partial charge >= 0.3 is 0 Å². The topological polar surface area (TPSA) is 136 Å². The Balaban J connectivity index is 1.26. The number of anilines is 4. The van der Waals surface area contributed by atoms with Crippen LogP contribution in [0.4, 0.5) is 22.9 Å². The zero-order valence-corrected chi connectivity index (χ0v) is 22.7. The zero-order chi connectivity index (χ0) is 27.6. The average Bonchev–Trinajstić information content (AvgIpc) is 3.51. The number of ether oxygens (including phenoxy) is 2. The van der Waals surface area contributed by atoms with Gasteiger partial charge in [0, 0.05) is 43.6 Å². The Kier molecular flexibility index (Phi) is 5.79. The highest BCUT2D eigenvalue weighted by atomic mass is 16.7. The summed E-state index contributed by atoms with van der Waals surface area (Å²) in [7, 11) is 3.60. The van der Waals surface area contributed by atoms with E-state index in [1.807, 2.05) is 18.3 Å². The van der Waals surface area contributed by atoms with Crippen molar-refractivity contribution in [2.75, 3.05) is 42.8 Å². The second kappa shape index (κ2) is 9.27. The highest BCUT2D eigenvalue weighted by molar-refractivity contribution is 6.01. The van der Waals surface area contributed by atoms with E-state index in [4.69, 9.17) is 14.6 Å². The lowest BCUT2D eigenvalue weighted by Crippen LogP contribution is -2.50. The largest absolute Gasteiger partial charge is 0.364 e. The molecule has 4 aliphatic rings. The maximum Gasteiger partial charge on any atom is 0.273 e. The Bertz CT molecular complexity index is 1510. The van der Waals surface area contributed by atoms with Crippen LogP contribution in [0.5, 0.6) is 0 Å². The summed E-state index contributed by atoms with van der Waals surface area (Å²) in [5, 5.41) is 21.9. The van der Waals surface area contributed by atoms with Crippen LogP contribution in [0.1, 0.15) is 60.9 Å². The standard InChI is InChI=1S/C28H32N8O4/c1-15-24-18(14-30-36(24)21-9-10-28(21)39-11-12-40-28)17-5-4-6-19(25(17)35(15)3)31-20-13-22(32-26(37)16-7-8-16)33-34-23(20)27(38)29-2/h4-6,13-16,21H,7-12H2,1-3H3,(H,29,38)(H2,31,32,33,37). The third-order valence-electron chi connectivity index (χ3n) is 8.54. The number of carbonyl (C=O) groups excluding carboxylic acids is 2. The normalized spacial score (nSPS) is 22.3. The molecule has 1 aromatic carbocycles. The molecular weight excluding hydrogens is 512 g/mol. The summed E-state index contributed by atoms with van der Waals surface area (Å²) in [6.07, 6.45) is 5.51. The Morgan fingerprint density at radius 3 is 2.58 bits per heavy atom. The quantitative estimate of drug-likeness (QED) is 0.427. The van der Waals surface area contributed by atoms with Crippen LogP contribution in [0.2, 0.25) is 0 Å². The molecule has 1 spiro atoms. The molecule has 7 rings (SSSR count). The van der Waals surface area contributed by atoms with Crippen molar-refractivity contribution in [2.45, 2.75) is 50.5 Å². The Labute approximate surface area is 231 Å². The minimum absolute atomic E-state index is 0.00868. The average molecular weight is 545 g/mol. The predicted molar refractivity (Wildman–Crippen MR) is 147 cm³/mol. The van der Waals surface area contributed by atoms with Gasteiger partial charge in [0.1, 0.15) is 6.04 Å². The first-order valence-electron chi connectivity index (χ1n) is 13.8. The van der Waals surface area contributed by atoms with Gasteiger partial charge in [0.25, 0.3) is 5.91 Å². The van der Waals surface area contributed by atoms with Gasteiger partial charge in [-0.15, -0.1) is 10.2 Å². The van der Waals surface area contributed by atoms with Crippen molar-refractivity contribution < 1.29 is 19.1 Å². The molecule has 2 saturated carbocycles. The fraction of sp³-hybridized carbons (Fsp3) is 0.464. The summed E-state index contributed by atoms with van der Waals surface area (Å²) in [5.41, 5.74) is 5.56. The van der Waals surface area contributed by atoms with Gasteiger partial charge in [-0.3, -0.25) is 14.3 Å². The molecule has 2 aliphatic heterocycles. The number of nitrogens with one attached hydrogen (secondary N) is 3. The molecule has 4 heterocycles. The minimum Gasteiger partial charge on any atom is -0.364 e. The fourth-order valence-electron chi connectivity index (χ4n) is 6.04. The molecule has 12 nitrogen and oxygen atoms in total. The predicted octanol–water partition coefficient (Wildman–Crippen LogP) is 3.38. The maximum absolute atomic E-state index is 12.7. The second-order valence-corrected chi connectivity index (χ2v) is 10.9. The maximum atomic E-state index is 12.7. The lowest BCUT2D eigenvalue weighted by atomic mass is 9.83. The van der Waals surface area contributed by atoms with Crippen LogP contribution in [0, 0.1) is 5.92 Å². The van der Waals surface area contributed by atoms with E-state index in [1.54, 1.807) is 13.1 Å². The van der Waals surface area contributed by atoms with E-state index in [0.717, 1.165) is 53.9 Å². The molecule has 0 radical (unpaired) electrons. The van der Waals surface area contributed by atoms with Crippen molar-refractivity contribution in [1.82, 2.24) is 25.3 Å². The first-order chi connectivity index (χ1) is 19.4. The van der Waals surface area contributed by atoms with Gasteiger partial charge in [0.15, 0.2) is 17.3 Å². The number of fused-ring (bicyclic) bond motifs is 3. The lowest BCUT2D eigenvalue weighted by Gasteiger charge is -2.46. The van der Waals surface area contributed by atoms with Crippen molar-refractivity contribution in [2.24, 2.45) is 5.92 Å². The van der Waals surface area contributed by atoms with Crippen LogP contribution < -0.4 is 20.9 Å². The number of aromatic nitrogens is 4. The van der Waals surface area contributed by atoms with Crippen molar-refractivity contribution >= 4 is 34.7 Å². The van der Waals surface area contributed by atoms with Crippen molar-refractivity contribution in [3.05, 3.63) is 41.9 Å². The molecule has 3 aromatic rings. The zero-order valence-electron chi connectivity index (χ0n) is 22.7. The van der Waals surface area contributed by atoms with Crippen LogP contribution in [-0.4, -0.2) is 64.9 Å². The van der Waals surface area contributed by atoms with E-state index in [9.17, 15) is 9.59 Å². The Morgan fingerprint density at radius 2 is 1.88 bits per heavy atom. The van der Waals surface area contributed by atoms with Crippen molar-refractivity contribution in [1.29, 1.82) is 0 Å². The van der Waals surface area contributed by atoms with Crippen LogP contribution in [0.3, 0.4) is 0 Å². The Hall–Kier alpha value is -4.03. The smallest absolute Gasteiger partial charge is 0.273 e. The molecule has 2 aromatic heterocycles. The highest BCUT2D eigenvalue weighted by Gasteiger charge is 2.54. The number of nitrogens with zero attached hydrogens (tertiary/aromatic N) is 5. The number of para-hydroxylation sites is 1. The van der Waals surface area contributed by atoms with Crippen LogP contribution in [0.15, 0.2) is 30.5 Å². The molecule has 2 unspecified atom stereocenters. The van der Waals surface area contributed by atoms with E-state index < -0.39 is 5.79 Å². The van der Waals surface area contributed by atoms with E-state index in [0.29, 0.717) is 24.7 Å². The summed E-state index contributed by atoms with van der Waals surface area (Å²) in [6, 6.07) is 7.73. The van der Waals surface area contributed by atoms with E-state index in [-0.39, 0.29) is 35.5 Å². The fourth-order valence-corrected chi connectivity index (χ4v) is 6.04.